The Bertz CT molecular complexity index is 398. The Morgan fingerprint density at radius 1 is 1.62 bits per heavy atom. The summed E-state index contributed by atoms with van der Waals surface area (Å²) in [6.45, 7) is 3.69. The maximum atomic E-state index is 12.9. The van der Waals surface area contributed by atoms with E-state index in [1.54, 1.807) is 13.0 Å². The van der Waals surface area contributed by atoms with Crippen LogP contribution in [0.1, 0.15) is 20.3 Å². The van der Waals surface area contributed by atoms with Gasteiger partial charge < -0.3 is 5.73 Å². The summed E-state index contributed by atoms with van der Waals surface area (Å²) in [5, 5.41) is 8.99. The minimum absolute atomic E-state index is 0.177. The Labute approximate surface area is 99.6 Å². The molecule has 1 aromatic rings. The number of rotatable bonds is 4. The van der Waals surface area contributed by atoms with Gasteiger partial charge in [-0.05, 0) is 31.5 Å². The third-order valence-corrected chi connectivity index (χ3v) is 3.20. The molecule has 0 aliphatic rings. The fourth-order valence-electron chi connectivity index (χ4n) is 1.46. The highest BCUT2D eigenvalue weighted by atomic mass is 32.2. The summed E-state index contributed by atoms with van der Waals surface area (Å²) in [5.74, 6) is -0.243. The minimum Gasteiger partial charge on any atom is -0.314 e. The fraction of sp³-hybridized carbons (Fsp3) is 0.417. The van der Waals surface area contributed by atoms with Gasteiger partial charge in [-0.1, -0.05) is 13.0 Å². The Kier molecular flexibility index (Phi) is 4.34. The van der Waals surface area contributed by atoms with Gasteiger partial charge in [0.15, 0.2) is 0 Å². The van der Waals surface area contributed by atoms with Crippen LogP contribution in [0.3, 0.4) is 0 Å². The van der Waals surface area contributed by atoms with Gasteiger partial charge in [-0.2, -0.15) is 5.26 Å². The van der Waals surface area contributed by atoms with Crippen LogP contribution >= 0.6 is 11.8 Å². The van der Waals surface area contributed by atoms with Crippen LogP contribution in [0.5, 0.6) is 0 Å². The van der Waals surface area contributed by atoms with E-state index in [1.807, 2.05) is 13.0 Å². The molecule has 0 aliphatic carbocycles. The Balaban J connectivity index is 2.59. The molecule has 2 N–H and O–H groups in total. The highest BCUT2D eigenvalue weighted by Gasteiger charge is 2.21. The van der Waals surface area contributed by atoms with Crippen LogP contribution in [0.15, 0.2) is 29.2 Å². The number of halogens is 1. The van der Waals surface area contributed by atoms with Crippen LogP contribution in [0, 0.1) is 17.1 Å². The van der Waals surface area contributed by atoms with Crippen molar-refractivity contribution in [2.75, 3.05) is 0 Å². The van der Waals surface area contributed by atoms with E-state index >= 15 is 0 Å². The van der Waals surface area contributed by atoms with Gasteiger partial charge in [-0.25, -0.2) is 4.39 Å². The fourth-order valence-corrected chi connectivity index (χ4v) is 2.69. The van der Waals surface area contributed by atoms with Gasteiger partial charge in [0.1, 0.15) is 11.4 Å². The van der Waals surface area contributed by atoms with E-state index in [1.165, 1.54) is 23.9 Å². The molecule has 1 rings (SSSR count). The van der Waals surface area contributed by atoms with Crippen molar-refractivity contribution in [3.8, 4) is 6.07 Å². The second-order valence-electron chi connectivity index (χ2n) is 4.12. The number of nitriles is 1. The van der Waals surface area contributed by atoms with E-state index in [9.17, 15) is 4.39 Å². The Morgan fingerprint density at radius 3 is 2.88 bits per heavy atom. The number of thioether (sulfide) groups is 1. The second-order valence-corrected chi connectivity index (χ2v) is 5.63. The monoisotopic (exact) mass is 238 g/mol. The van der Waals surface area contributed by atoms with Gasteiger partial charge in [0.25, 0.3) is 0 Å². The number of nitrogens with two attached hydrogens (primary N) is 1. The minimum atomic E-state index is -0.820. The Morgan fingerprint density at radius 2 is 2.31 bits per heavy atom. The van der Waals surface area contributed by atoms with E-state index in [0.29, 0.717) is 6.42 Å². The predicted octanol–water partition coefficient (Wildman–Crippen LogP) is 2.94. The van der Waals surface area contributed by atoms with Crippen LogP contribution in [0.4, 0.5) is 4.39 Å². The lowest BCUT2D eigenvalue weighted by atomic mass is 10.00. The van der Waals surface area contributed by atoms with Crippen LogP contribution in [-0.4, -0.2) is 10.8 Å². The molecule has 2 nitrogen and oxygen atoms in total. The number of benzene rings is 1. The maximum absolute atomic E-state index is 12.9. The third-order valence-electron chi connectivity index (χ3n) is 2.10. The molecule has 2 atom stereocenters. The van der Waals surface area contributed by atoms with Crippen LogP contribution in [0.2, 0.25) is 0 Å². The van der Waals surface area contributed by atoms with Crippen LogP contribution < -0.4 is 5.73 Å². The van der Waals surface area contributed by atoms with Crippen molar-refractivity contribution in [3.63, 3.8) is 0 Å². The molecule has 0 radical (unpaired) electrons. The molecule has 16 heavy (non-hydrogen) atoms. The molecule has 0 heterocycles. The molecule has 0 bridgehead atoms. The summed E-state index contributed by atoms with van der Waals surface area (Å²) in [4.78, 5) is 0.862. The van der Waals surface area contributed by atoms with Gasteiger partial charge in [-0.3, -0.25) is 0 Å². The summed E-state index contributed by atoms with van der Waals surface area (Å²) >= 11 is 1.53. The quantitative estimate of drug-likeness (QED) is 0.820. The smallest absolute Gasteiger partial charge is 0.124 e. The number of hydrogen-bond donors (Lipinski definition) is 1. The zero-order valence-corrected chi connectivity index (χ0v) is 10.2. The molecule has 0 spiro atoms. The second kappa shape index (κ2) is 5.33. The zero-order valence-electron chi connectivity index (χ0n) is 9.40. The Hall–Kier alpha value is -1.05. The van der Waals surface area contributed by atoms with Gasteiger partial charge in [0.05, 0.1) is 6.07 Å². The molecule has 0 saturated heterocycles. The zero-order chi connectivity index (χ0) is 12.2. The molecule has 0 saturated carbocycles. The lowest BCUT2D eigenvalue weighted by Gasteiger charge is -2.20. The largest absolute Gasteiger partial charge is 0.314 e. The number of hydrogen-bond acceptors (Lipinski definition) is 3. The molecular formula is C12H15FN2S. The summed E-state index contributed by atoms with van der Waals surface area (Å²) in [6.07, 6.45) is 0.574. The SMILES string of the molecule is CC(CC(C)(N)C#N)Sc1cccc(F)c1. The van der Waals surface area contributed by atoms with Crippen molar-refractivity contribution in [1.29, 1.82) is 5.26 Å². The molecule has 0 fully saturated rings. The van der Waals surface area contributed by atoms with Gasteiger partial charge >= 0.3 is 0 Å². The van der Waals surface area contributed by atoms with Gasteiger partial charge in [0.2, 0.25) is 0 Å². The molecule has 4 heteroatoms. The van der Waals surface area contributed by atoms with Crippen LogP contribution in [0.25, 0.3) is 0 Å². The van der Waals surface area contributed by atoms with E-state index in [0.717, 1.165) is 4.90 Å². The average molecular weight is 238 g/mol. The first-order valence-electron chi connectivity index (χ1n) is 5.05. The van der Waals surface area contributed by atoms with E-state index in [-0.39, 0.29) is 11.1 Å². The van der Waals surface area contributed by atoms with Crippen molar-refractivity contribution in [2.24, 2.45) is 5.73 Å². The predicted molar refractivity (Wildman–Crippen MR) is 64.5 cm³/mol. The standard InChI is InChI=1S/C12H15FN2S/c1-9(7-12(2,15)8-14)16-11-5-3-4-10(13)6-11/h3-6,9H,7,15H2,1-2H3. The van der Waals surface area contributed by atoms with E-state index in [4.69, 9.17) is 11.0 Å². The highest BCUT2D eigenvalue weighted by molar-refractivity contribution is 7.99. The van der Waals surface area contributed by atoms with Crippen LogP contribution in [-0.2, 0) is 0 Å². The lowest BCUT2D eigenvalue weighted by Crippen LogP contribution is -2.36. The van der Waals surface area contributed by atoms with Crippen molar-refractivity contribution in [3.05, 3.63) is 30.1 Å². The van der Waals surface area contributed by atoms with Crippen molar-refractivity contribution >= 4 is 11.8 Å². The van der Waals surface area contributed by atoms with Crippen molar-refractivity contribution in [1.82, 2.24) is 0 Å². The van der Waals surface area contributed by atoms with Crippen molar-refractivity contribution < 1.29 is 4.39 Å². The topological polar surface area (TPSA) is 49.8 Å². The first kappa shape index (κ1) is 13.0. The molecule has 0 aromatic heterocycles. The molecule has 0 aliphatic heterocycles. The average Bonchev–Trinajstić information content (AvgIpc) is 2.16. The normalized spacial score (nSPS) is 16.2. The van der Waals surface area contributed by atoms with Crippen molar-refractivity contribution in [2.45, 2.75) is 36.0 Å². The molecule has 1 aromatic carbocycles. The summed E-state index contributed by atoms with van der Waals surface area (Å²) in [5.41, 5.74) is 4.93. The summed E-state index contributed by atoms with van der Waals surface area (Å²) in [6, 6.07) is 8.49. The lowest BCUT2D eigenvalue weighted by molar-refractivity contribution is 0.545. The molecule has 2 unspecified atom stereocenters. The molecule has 86 valence electrons. The molecular weight excluding hydrogens is 223 g/mol. The molecule has 0 amide bonds. The highest BCUT2D eigenvalue weighted by Crippen LogP contribution is 2.28. The maximum Gasteiger partial charge on any atom is 0.124 e. The summed E-state index contributed by atoms with van der Waals surface area (Å²) in [7, 11) is 0. The van der Waals surface area contributed by atoms with Gasteiger partial charge in [-0.15, -0.1) is 11.8 Å². The number of nitrogens with zero attached hydrogens (tertiary/aromatic N) is 1. The third kappa shape index (κ3) is 4.21. The van der Waals surface area contributed by atoms with E-state index < -0.39 is 5.54 Å². The summed E-state index contributed by atoms with van der Waals surface area (Å²) < 4.78 is 12.9. The van der Waals surface area contributed by atoms with Gasteiger partial charge in [0, 0.05) is 10.1 Å². The first-order chi connectivity index (χ1) is 7.43. The van der Waals surface area contributed by atoms with E-state index in [2.05, 4.69) is 6.07 Å². The first-order valence-corrected chi connectivity index (χ1v) is 5.93.